The third kappa shape index (κ3) is 2.95. The van der Waals surface area contributed by atoms with Crippen LogP contribution in [0.25, 0.3) is 12.2 Å². The van der Waals surface area contributed by atoms with Crippen molar-refractivity contribution in [3.8, 4) is 0 Å². The van der Waals surface area contributed by atoms with Gasteiger partial charge < -0.3 is 4.90 Å². The fraction of sp³-hybridized carbons (Fsp3) is 0.105. The van der Waals surface area contributed by atoms with Crippen molar-refractivity contribution in [1.82, 2.24) is 0 Å². The third-order valence-electron chi connectivity index (χ3n) is 3.47. The Labute approximate surface area is 126 Å². The molecular formula is C19H19NO. The highest BCUT2D eigenvalue weighted by Crippen LogP contribution is 2.26. The van der Waals surface area contributed by atoms with E-state index in [9.17, 15) is 4.79 Å². The number of hydrogen-bond acceptors (Lipinski definition) is 1. The zero-order chi connectivity index (χ0) is 15.4. The minimum atomic E-state index is -0.0389. The largest absolute Gasteiger partial charge is 0.311 e. The van der Waals surface area contributed by atoms with Crippen LogP contribution in [0.5, 0.6) is 0 Å². The second-order valence-electron chi connectivity index (χ2n) is 4.92. The van der Waals surface area contributed by atoms with Gasteiger partial charge in [-0.25, -0.2) is 0 Å². The monoisotopic (exact) mass is 277 g/mol. The molecular weight excluding hydrogens is 258 g/mol. The second-order valence-corrected chi connectivity index (χ2v) is 4.92. The van der Waals surface area contributed by atoms with E-state index in [1.54, 1.807) is 24.1 Å². The third-order valence-corrected chi connectivity index (χ3v) is 3.47. The van der Waals surface area contributed by atoms with Crippen molar-refractivity contribution in [1.29, 1.82) is 0 Å². The lowest BCUT2D eigenvalue weighted by atomic mass is 10.0. The Morgan fingerprint density at radius 1 is 1.10 bits per heavy atom. The van der Waals surface area contributed by atoms with Gasteiger partial charge >= 0.3 is 0 Å². The van der Waals surface area contributed by atoms with Crippen LogP contribution in [0.4, 0.5) is 5.69 Å². The van der Waals surface area contributed by atoms with Crippen LogP contribution in [-0.2, 0) is 0 Å². The van der Waals surface area contributed by atoms with E-state index in [-0.39, 0.29) is 5.91 Å². The van der Waals surface area contributed by atoms with Crippen molar-refractivity contribution >= 4 is 23.7 Å². The first-order valence-corrected chi connectivity index (χ1v) is 6.81. The lowest BCUT2D eigenvalue weighted by Crippen LogP contribution is -2.27. The van der Waals surface area contributed by atoms with Crippen LogP contribution in [0.15, 0.2) is 55.6 Å². The first-order chi connectivity index (χ1) is 10.1. The minimum absolute atomic E-state index is 0.0389. The number of hydrogen-bond donors (Lipinski definition) is 0. The summed E-state index contributed by atoms with van der Waals surface area (Å²) in [4.78, 5) is 14.3. The molecule has 0 bridgehead atoms. The van der Waals surface area contributed by atoms with Gasteiger partial charge in [-0.1, -0.05) is 55.1 Å². The molecule has 106 valence electrons. The zero-order valence-electron chi connectivity index (χ0n) is 12.5. The molecule has 1 amide bonds. The maximum absolute atomic E-state index is 12.6. The lowest BCUT2D eigenvalue weighted by molar-refractivity contribution is 0.0993. The van der Waals surface area contributed by atoms with Crippen molar-refractivity contribution in [3.05, 3.63) is 77.9 Å². The van der Waals surface area contributed by atoms with Crippen LogP contribution in [0.3, 0.4) is 0 Å². The van der Waals surface area contributed by atoms with Crippen LogP contribution >= 0.6 is 0 Å². The summed E-state index contributed by atoms with van der Waals surface area (Å²) in [6.45, 7) is 9.62. The number of benzene rings is 2. The summed E-state index contributed by atoms with van der Waals surface area (Å²) >= 11 is 0. The number of carbonyl (C=O) groups excluding carboxylic acids is 1. The van der Waals surface area contributed by atoms with Crippen LogP contribution in [0.2, 0.25) is 0 Å². The molecule has 2 aromatic carbocycles. The van der Waals surface area contributed by atoms with E-state index >= 15 is 0 Å². The molecule has 0 saturated carbocycles. The van der Waals surface area contributed by atoms with Crippen molar-refractivity contribution in [3.63, 3.8) is 0 Å². The Kier molecular flexibility index (Phi) is 4.39. The van der Waals surface area contributed by atoms with Gasteiger partial charge in [-0.15, -0.1) is 0 Å². The number of nitrogens with zero attached hydrogens (tertiary/aromatic N) is 1. The van der Waals surface area contributed by atoms with Gasteiger partial charge in [0.05, 0.1) is 5.69 Å². The van der Waals surface area contributed by atoms with Gasteiger partial charge in [0, 0.05) is 18.2 Å². The van der Waals surface area contributed by atoms with Crippen LogP contribution in [-0.4, -0.2) is 13.0 Å². The highest BCUT2D eigenvalue weighted by Gasteiger charge is 2.16. The fourth-order valence-corrected chi connectivity index (χ4v) is 2.34. The molecule has 0 N–H and O–H groups in total. The second kappa shape index (κ2) is 6.23. The van der Waals surface area contributed by atoms with Gasteiger partial charge in [-0.3, -0.25) is 4.79 Å². The zero-order valence-corrected chi connectivity index (χ0v) is 12.5. The van der Waals surface area contributed by atoms with Crippen LogP contribution in [0.1, 0.15) is 27.0 Å². The molecule has 0 fully saturated rings. The first kappa shape index (κ1) is 14.8. The summed E-state index contributed by atoms with van der Waals surface area (Å²) in [5.41, 5.74) is 4.45. The van der Waals surface area contributed by atoms with Crippen molar-refractivity contribution in [2.45, 2.75) is 6.92 Å². The van der Waals surface area contributed by atoms with E-state index in [2.05, 4.69) is 13.2 Å². The number of amides is 1. The Bertz CT molecular complexity index is 700. The first-order valence-electron chi connectivity index (χ1n) is 6.81. The van der Waals surface area contributed by atoms with E-state index in [0.717, 1.165) is 22.4 Å². The van der Waals surface area contributed by atoms with Crippen molar-refractivity contribution in [2.75, 3.05) is 11.9 Å². The van der Waals surface area contributed by atoms with E-state index < -0.39 is 0 Å². The smallest absolute Gasteiger partial charge is 0.258 e. The summed E-state index contributed by atoms with van der Waals surface area (Å²) in [7, 11) is 1.78. The van der Waals surface area contributed by atoms with Crippen LogP contribution in [0, 0.1) is 6.92 Å². The summed E-state index contributed by atoms with van der Waals surface area (Å²) in [6.07, 6.45) is 3.53. The molecule has 2 heteroatoms. The molecule has 2 aromatic rings. The molecule has 0 heterocycles. The average molecular weight is 277 g/mol. The van der Waals surface area contributed by atoms with E-state index in [4.69, 9.17) is 0 Å². The molecule has 0 radical (unpaired) electrons. The average Bonchev–Trinajstić information content (AvgIpc) is 2.52. The maximum atomic E-state index is 12.6. The van der Waals surface area contributed by atoms with E-state index in [0.29, 0.717) is 5.56 Å². The quantitative estimate of drug-likeness (QED) is 0.802. The molecule has 0 aliphatic heterocycles. The number of anilines is 1. The van der Waals surface area contributed by atoms with Gasteiger partial charge in [0.25, 0.3) is 5.91 Å². The number of aryl methyl sites for hydroxylation is 1. The van der Waals surface area contributed by atoms with E-state index in [1.165, 1.54) is 0 Å². The molecule has 0 aliphatic rings. The van der Waals surface area contributed by atoms with Gasteiger partial charge in [0.1, 0.15) is 0 Å². The SMILES string of the molecule is C=Cc1cccc(N(C)C(=O)c2cccc(C)c2)c1C=C. The molecule has 0 aliphatic carbocycles. The van der Waals surface area contributed by atoms with E-state index in [1.807, 2.05) is 49.4 Å². The fourth-order valence-electron chi connectivity index (χ4n) is 2.34. The maximum Gasteiger partial charge on any atom is 0.258 e. The summed E-state index contributed by atoms with van der Waals surface area (Å²) in [6, 6.07) is 13.4. The molecule has 21 heavy (non-hydrogen) atoms. The Morgan fingerprint density at radius 2 is 1.81 bits per heavy atom. The Balaban J connectivity index is 2.45. The topological polar surface area (TPSA) is 20.3 Å². The minimum Gasteiger partial charge on any atom is -0.311 e. The lowest BCUT2D eigenvalue weighted by Gasteiger charge is -2.21. The summed E-state index contributed by atoms with van der Waals surface area (Å²) < 4.78 is 0. The van der Waals surface area contributed by atoms with Gasteiger partial charge in [0.15, 0.2) is 0 Å². The number of rotatable bonds is 4. The molecule has 0 spiro atoms. The van der Waals surface area contributed by atoms with Gasteiger partial charge in [-0.2, -0.15) is 0 Å². The molecule has 0 saturated heterocycles. The van der Waals surface area contributed by atoms with Crippen LogP contribution < -0.4 is 4.90 Å². The normalized spacial score (nSPS) is 10.0. The molecule has 0 unspecified atom stereocenters. The van der Waals surface area contributed by atoms with Crippen molar-refractivity contribution < 1.29 is 4.79 Å². The highest BCUT2D eigenvalue weighted by atomic mass is 16.2. The molecule has 0 aromatic heterocycles. The highest BCUT2D eigenvalue weighted by molar-refractivity contribution is 6.07. The molecule has 2 nitrogen and oxygen atoms in total. The van der Waals surface area contributed by atoms with Gasteiger partial charge in [0.2, 0.25) is 0 Å². The Morgan fingerprint density at radius 3 is 2.43 bits per heavy atom. The summed E-state index contributed by atoms with van der Waals surface area (Å²) in [5.74, 6) is -0.0389. The standard InChI is InChI=1S/C19H19NO/c1-5-15-10-8-12-18(17(15)6-2)20(4)19(21)16-11-7-9-14(3)13-16/h5-13H,1-2H2,3-4H3. The van der Waals surface area contributed by atoms with Crippen molar-refractivity contribution in [2.24, 2.45) is 0 Å². The summed E-state index contributed by atoms with van der Waals surface area (Å²) in [5, 5.41) is 0. The predicted octanol–water partition coefficient (Wildman–Crippen LogP) is 4.56. The Hall–Kier alpha value is -2.61. The molecule has 0 atom stereocenters. The number of carbonyl (C=O) groups is 1. The molecule has 2 rings (SSSR count). The predicted molar refractivity (Wildman–Crippen MR) is 90.5 cm³/mol. The van der Waals surface area contributed by atoms with Gasteiger partial charge in [-0.05, 0) is 30.7 Å².